The number of carboxylic acids is 1. The second-order valence-corrected chi connectivity index (χ2v) is 4.79. The zero-order chi connectivity index (χ0) is 16.0. The number of benzene rings is 1. The Labute approximate surface area is 124 Å². The maximum atomic E-state index is 11.9. The Morgan fingerprint density at radius 1 is 1.24 bits per heavy atom. The molecule has 1 aromatic rings. The van der Waals surface area contributed by atoms with Gasteiger partial charge in [0, 0.05) is 13.1 Å². The highest BCUT2D eigenvalue weighted by atomic mass is 16.5. The number of ether oxygens (including phenoxy) is 2. The van der Waals surface area contributed by atoms with Gasteiger partial charge >= 0.3 is 5.97 Å². The molecule has 0 aliphatic heterocycles. The van der Waals surface area contributed by atoms with Crippen molar-refractivity contribution in [3.05, 3.63) is 23.8 Å². The molecule has 116 valence electrons. The quantitative estimate of drug-likeness (QED) is 0.833. The summed E-state index contributed by atoms with van der Waals surface area (Å²) in [5.74, 6) is -0.530. The van der Waals surface area contributed by atoms with Crippen molar-refractivity contribution in [2.24, 2.45) is 0 Å². The van der Waals surface area contributed by atoms with E-state index in [1.54, 1.807) is 18.9 Å². The minimum Gasteiger partial charge on any atom is -0.490 e. The van der Waals surface area contributed by atoms with Crippen molar-refractivity contribution in [1.29, 1.82) is 0 Å². The summed E-state index contributed by atoms with van der Waals surface area (Å²) in [7, 11) is 1.70. The van der Waals surface area contributed by atoms with Gasteiger partial charge in [-0.1, -0.05) is 0 Å². The first-order chi connectivity index (χ1) is 9.86. The van der Waals surface area contributed by atoms with E-state index in [2.05, 4.69) is 0 Å². The van der Waals surface area contributed by atoms with Gasteiger partial charge in [-0.3, -0.25) is 4.79 Å². The van der Waals surface area contributed by atoms with Crippen molar-refractivity contribution in [1.82, 2.24) is 4.90 Å². The molecule has 0 atom stereocenters. The summed E-state index contributed by atoms with van der Waals surface area (Å²) in [6.07, 6.45) is 0. The zero-order valence-corrected chi connectivity index (χ0v) is 12.8. The van der Waals surface area contributed by atoms with Crippen LogP contribution in [0.3, 0.4) is 0 Å². The molecular formula is C15H21NO5. The molecular weight excluding hydrogens is 274 g/mol. The number of likely N-dealkylation sites (N-methyl/N-ethyl adjacent to an activating group) is 1. The van der Waals surface area contributed by atoms with E-state index in [0.717, 1.165) is 0 Å². The Kier molecular flexibility index (Phi) is 6.02. The maximum Gasteiger partial charge on any atom is 0.335 e. The smallest absolute Gasteiger partial charge is 0.335 e. The highest BCUT2D eigenvalue weighted by Crippen LogP contribution is 2.28. The van der Waals surface area contributed by atoms with E-state index >= 15 is 0 Å². The molecule has 1 rings (SSSR count). The normalized spacial score (nSPS) is 10.3. The molecule has 0 saturated carbocycles. The van der Waals surface area contributed by atoms with E-state index in [1.165, 1.54) is 18.2 Å². The number of hydrogen-bond donors (Lipinski definition) is 1. The highest BCUT2D eigenvalue weighted by Gasteiger charge is 2.15. The van der Waals surface area contributed by atoms with E-state index in [0.29, 0.717) is 18.1 Å². The number of nitrogens with zero attached hydrogens (tertiary/aromatic N) is 1. The Hall–Kier alpha value is -2.24. The van der Waals surface area contributed by atoms with E-state index in [1.807, 2.05) is 13.8 Å². The van der Waals surface area contributed by atoms with Crippen LogP contribution in [0, 0.1) is 0 Å². The predicted molar refractivity (Wildman–Crippen MR) is 78.0 cm³/mol. The molecule has 0 unspecified atom stereocenters. The summed E-state index contributed by atoms with van der Waals surface area (Å²) >= 11 is 0. The molecule has 6 nitrogen and oxygen atoms in total. The summed E-state index contributed by atoms with van der Waals surface area (Å²) in [5.41, 5.74) is 0.108. The lowest BCUT2D eigenvalue weighted by Gasteiger charge is -2.21. The number of amides is 1. The lowest BCUT2D eigenvalue weighted by Crippen LogP contribution is -2.36. The van der Waals surface area contributed by atoms with E-state index < -0.39 is 5.97 Å². The second kappa shape index (κ2) is 7.52. The minimum atomic E-state index is -1.04. The molecule has 6 heteroatoms. The van der Waals surface area contributed by atoms with Gasteiger partial charge in [0.2, 0.25) is 0 Å². The average Bonchev–Trinajstić information content (AvgIpc) is 2.44. The lowest BCUT2D eigenvalue weighted by atomic mass is 10.2. The molecule has 0 spiro atoms. The molecule has 0 aliphatic carbocycles. The third kappa shape index (κ3) is 4.66. The van der Waals surface area contributed by atoms with Crippen LogP contribution in [-0.4, -0.2) is 48.2 Å². The van der Waals surface area contributed by atoms with Gasteiger partial charge in [-0.05, 0) is 39.0 Å². The zero-order valence-electron chi connectivity index (χ0n) is 12.8. The van der Waals surface area contributed by atoms with Crippen molar-refractivity contribution < 1.29 is 24.2 Å². The van der Waals surface area contributed by atoms with E-state index in [9.17, 15) is 9.59 Å². The minimum absolute atomic E-state index is 0.0850. The van der Waals surface area contributed by atoms with E-state index in [-0.39, 0.29) is 24.1 Å². The predicted octanol–water partition coefficient (Wildman–Crippen LogP) is 2.03. The Morgan fingerprint density at radius 2 is 1.90 bits per heavy atom. The molecule has 0 heterocycles. The van der Waals surface area contributed by atoms with Gasteiger partial charge in [0.15, 0.2) is 18.1 Å². The molecule has 21 heavy (non-hydrogen) atoms. The number of carboxylic acid groups (broad SMARTS) is 1. The number of carbonyl (C=O) groups excluding carboxylic acids is 1. The third-order valence-electron chi connectivity index (χ3n) is 3.01. The fraction of sp³-hybridized carbons (Fsp3) is 0.467. The van der Waals surface area contributed by atoms with Gasteiger partial charge in [0.1, 0.15) is 0 Å². The number of carbonyl (C=O) groups is 2. The highest BCUT2D eigenvalue weighted by molar-refractivity contribution is 5.88. The molecule has 0 radical (unpaired) electrons. The van der Waals surface area contributed by atoms with Gasteiger partial charge in [0.05, 0.1) is 12.2 Å². The lowest BCUT2D eigenvalue weighted by molar-refractivity contribution is -0.133. The van der Waals surface area contributed by atoms with Crippen LogP contribution in [-0.2, 0) is 4.79 Å². The molecule has 0 aromatic heterocycles. The van der Waals surface area contributed by atoms with Gasteiger partial charge < -0.3 is 19.5 Å². The summed E-state index contributed by atoms with van der Waals surface area (Å²) in [4.78, 5) is 24.4. The molecule has 0 aliphatic rings. The Balaban J connectivity index is 2.83. The van der Waals surface area contributed by atoms with Crippen LogP contribution in [0.4, 0.5) is 0 Å². The SMILES string of the molecule is CCOc1cc(C(=O)O)ccc1OCC(=O)N(C)C(C)C. The molecule has 0 fully saturated rings. The largest absolute Gasteiger partial charge is 0.490 e. The van der Waals surface area contributed by atoms with Gasteiger partial charge in [-0.2, -0.15) is 0 Å². The summed E-state index contributed by atoms with van der Waals surface area (Å²) in [6.45, 7) is 5.85. The Morgan fingerprint density at radius 3 is 2.43 bits per heavy atom. The van der Waals surface area contributed by atoms with Gasteiger partial charge in [0.25, 0.3) is 5.91 Å². The monoisotopic (exact) mass is 295 g/mol. The summed E-state index contributed by atoms with van der Waals surface area (Å²) in [5, 5.41) is 8.96. The standard InChI is InChI=1S/C15H21NO5/c1-5-20-13-8-11(15(18)19)6-7-12(13)21-9-14(17)16(4)10(2)3/h6-8,10H,5,9H2,1-4H3,(H,18,19). The van der Waals surface area contributed by atoms with Crippen molar-refractivity contribution in [2.45, 2.75) is 26.8 Å². The first kappa shape index (κ1) is 16.8. The molecule has 1 aromatic carbocycles. The Bertz CT molecular complexity index is 513. The van der Waals surface area contributed by atoms with Crippen molar-refractivity contribution in [3.63, 3.8) is 0 Å². The van der Waals surface area contributed by atoms with Crippen LogP contribution in [0.2, 0.25) is 0 Å². The summed E-state index contributed by atoms with van der Waals surface area (Å²) < 4.78 is 10.8. The third-order valence-corrected chi connectivity index (χ3v) is 3.01. The van der Waals surface area contributed by atoms with Crippen molar-refractivity contribution >= 4 is 11.9 Å². The van der Waals surface area contributed by atoms with Crippen LogP contribution in [0.15, 0.2) is 18.2 Å². The molecule has 1 N–H and O–H groups in total. The van der Waals surface area contributed by atoms with Crippen LogP contribution in [0.1, 0.15) is 31.1 Å². The van der Waals surface area contributed by atoms with Crippen molar-refractivity contribution in [2.75, 3.05) is 20.3 Å². The van der Waals surface area contributed by atoms with Crippen LogP contribution >= 0.6 is 0 Å². The fourth-order valence-electron chi connectivity index (χ4n) is 1.56. The number of aromatic carboxylic acids is 1. The first-order valence-corrected chi connectivity index (χ1v) is 6.75. The van der Waals surface area contributed by atoms with E-state index in [4.69, 9.17) is 14.6 Å². The van der Waals surface area contributed by atoms with Gasteiger partial charge in [-0.15, -0.1) is 0 Å². The molecule has 0 saturated heterocycles. The topological polar surface area (TPSA) is 76.1 Å². The average molecular weight is 295 g/mol. The maximum absolute atomic E-state index is 11.9. The number of rotatable bonds is 7. The summed E-state index contributed by atoms with van der Waals surface area (Å²) in [6, 6.07) is 4.38. The molecule has 1 amide bonds. The fourth-order valence-corrected chi connectivity index (χ4v) is 1.56. The van der Waals surface area contributed by atoms with Crippen LogP contribution in [0.25, 0.3) is 0 Å². The molecule has 0 bridgehead atoms. The van der Waals surface area contributed by atoms with Crippen LogP contribution in [0.5, 0.6) is 11.5 Å². The van der Waals surface area contributed by atoms with Crippen molar-refractivity contribution in [3.8, 4) is 11.5 Å². The number of hydrogen-bond acceptors (Lipinski definition) is 4. The van der Waals surface area contributed by atoms with Crippen LogP contribution < -0.4 is 9.47 Å². The second-order valence-electron chi connectivity index (χ2n) is 4.79. The first-order valence-electron chi connectivity index (χ1n) is 6.75. The van der Waals surface area contributed by atoms with Gasteiger partial charge in [-0.25, -0.2) is 4.79 Å².